The monoisotopic (exact) mass is 301 g/mol. The Hall–Kier alpha value is -2.83. The van der Waals surface area contributed by atoms with Crippen molar-refractivity contribution >= 4 is 17.6 Å². The minimum absolute atomic E-state index is 0.0953. The first-order chi connectivity index (χ1) is 10.5. The average Bonchev–Trinajstić information content (AvgIpc) is 3.00. The maximum atomic E-state index is 11.7. The van der Waals surface area contributed by atoms with Crippen molar-refractivity contribution in [1.82, 2.24) is 10.1 Å². The van der Waals surface area contributed by atoms with Crippen molar-refractivity contribution in [3.63, 3.8) is 0 Å². The Balaban J connectivity index is 1.77. The Bertz CT molecular complexity index is 708. The van der Waals surface area contributed by atoms with Crippen LogP contribution in [0.15, 0.2) is 34.9 Å². The van der Waals surface area contributed by atoms with Gasteiger partial charge in [-0.15, -0.1) is 0 Å². The lowest BCUT2D eigenvalue weighted by Gasteiger charge is -2.33. The molecule has 0 bridgehead atoms. The molecule has 1 N–H and O–H groups in total. The molecule has 0 spiro atoms. The van der Waals surface area contributed by atoms with Crippen molar-refractivity contribution in [1.29, 1.82) is 0 Å². The van der Waals surface area contributed by atoms with Crippen LogP contribution in [0, 0.1) is 0 Å². The zero-order valence-electron chi connectivity index (χ0n) is 12.0. The van der Waals surface area contributed by atoms with Crippen LogP contribution in [0.5, 0.6) is 0 Å². The highest BCUT2D eigenvalue weighted by atomic mass is 16.5. The number of benzene rings is 1. The molecular weight excluding hydrogens is 286 g/mol. The lowest BCUT2D eigenvalue weighted by atomic mass is 10.1. The van der Waals surface area contributed by atoms with Crippen LogP contribution < -0.4 is 4.90 Å². The van der Waals surface area contributed by atoms with Crippen LogP contribution in [-0.2, 0) is 4.79 Å². The number of carboxylic acid groups (broad SMARTS) is 1. The smallest absolute Gasteiger partial charge is 0.374 e. The van der Waals surface area contributed by atoms with Crippen molar-refractivity contribution in [2.45, 2.75) is 0 Å². The maximum absolute atomic E-state index is 11.7. The summed E-state index contributed by atoms with van der Waals surface area (Å²) >= 11 is 0. The molecule has 1 fully saturated rings. The zero-order valence-corrected chi connectivity index (χ0v) is 12.0. The first-order valence-corrected chi connectivity index (χ1v) is 6.84. The largest absolute Gasteiger partial charge is 0.475 e. The number of aromatic carboxylic acids is 1. The molecule has 1 aromatic heterocycles. The van der Waals surface area contributed by atoms with E-state index in [1.807, 2.05) is 29.2 Å². The second kappa shape index (κ2) is 5.51. The number of nitrogens with zero attached hydrogens (tertiary/aromatic N) is 3. The summed E-state index contributed by atoms with van der Waals surface area (Å²) < 4.78 is 4.74. The number of amides is 1. The number of likely N-dealkylation sites (N-methyl/N-ethyl adjacent to an activating group) is 1. The molecule has 0 saturated carbocycles. The van der Waals surface area contributed by atoms with Gasteiger partial charge in [0.05, 0.1) is 6.54 Å². The van der Waals surface area contributed by atoms with E-state index in [1.54, 1.807) is 11.9 Å². The van der Waals surface area contributed by atoms with Crippen LogP contribution >= 0.6 is 0 Å². The third-order valence-electron chi connectivity index (χ3n) is 3.71. The van der Waals surface area contributed by atoms with Gasteiger partial charge in [-0.05, 0) is 12.1 Å². The molecule has 114 valence electrons. The van der Waals surface area contributed by atoms with E-state index < -0.39 is 5.97 Å². The lowest BCUT2D eigenvalue weighted by Crippen LogP contribution is -2.48. The predicted octanol–water partition coefficient (Wildman–Crippen LogP) is 1.32. The quantitative estimate of drug-likeness (QED) is 0.920. The van der Waals surface area contributed by atoms with Gasteiger partial charge in [-0.2, -0.15) is 0 Å². The van der Waals surface area contributed by atoms with E-state index in [4.69, 9.17) is 9.63 Å². The molecule has 2 aromatic rings. The summed E-state index contributed by atoms with van der Waals surface area (Å²) in [4.78, 5) is 26.3. The Labute approximate surface area is 126 Å². The molecule has 7 heteroatoms. The van der Waals surface area contributed by atoms with Crippen LogP contribution in [0.25, 0.3) is 11.3 Å². The Morgan fingerprint density at radius 3 is 2.59 bits per heavy atom. The fraction of sp³-hybridized carbons (Fsp3) is 0.267. The summed E-state index contributed by atoms with van der Waals surface area (Å²) in [6.07, 6.45) is 0. The molecule has 3 rings (SSSR count). The highest BCUT2D eigenvalue weighted by Gasteiger charge is 2.21. The van der Waals surface area contributed by atoms with Gasteiger partial charge in [0.1, 0.15) is 5.69 Å². The van der Waals surface area contributed by atoms with E-state index >= 15 is 0 Å². The molecule has 1 aromatic carbocycles. The Morgan fingerprint density at radius 2 is 2.00 bits per heavy atom. The topological polar surface area (TPSA) is 86.9 Å². The first-order valence-electron chi connectivity index (χ1n) is 6.84. The normalized spacial score (nSPS) is 15.2. The minimum atomic E-state index is -1.15. The summed E-state index contributed by atoms with van der Waals surface area (Å²) in [6.45, 7) is 1.85. The van der Waals surface area contributed by atoms with Gasteiger partial charge in [-0.3, -0.25) is 4.79 Å². The molecule has 22 heavy (non-hydrogen) atoms. The van der Waals surface area contributed by atoms with Crippen molar-refractivity contribution in [2.24, 2.45) is 0 Å². The van der Waals surface area contributed by atoms with Crippen molar-refractivity contribution < 1.29 is 19.2 Å². The molecule has 0 radical (unpaired) electrons. The minimum Gasteiger partial charge on any atom is -0.475 e. The number of rotatable bonds is 3. The van der Waals surface area contributed by atoms with Crippen LogP contribution in [0.4, 0.5) is 5.69 Å². The first kappa shape index (κ1) is 14.1. The third-order valence-corrected chi connectivity index (χ3v) is 3.71. The summed E-state index contributed by atoms with van der Waals surface area (Å²) in [7, 11) is 1.80. The van der Waals surface area contributed by atoms with Gasteiger partial charge in [0.15, 0.2) is 0 Å². The molecule has 7 nitrogen and oxygen atoms in total. The van der Waals surface area contributed by atoms with E-state index in [0.717, 1.165) is 17.8 Å². The number of anilines is 1. The van der Waals surface area contributed by atoms with Gasteiger partial charge in [0, 0.05) is 37.5 Å². The van der Waals surface area contributed by atoms with Crippen LogP contribution in [-0.4, -0.2) is 53.7 Å². The fourth-order valence-electron chi connectivity index (χ4n) is 2.33. The lowest BCUT2D eigenvalue weighted by molar-refractivity contribution is -0.129. The van der Waals surface area contributed by atoms with Gasteiger partial charge >= 0.3 is 5.97 Å². The van der Waals surface area contributed by atoms with Gasteiger partial charge in [0.25, 0.3) is 0 Å². The maximum Gasteiger partial charge on any atom is 0.374 e. The number of carboxylic acids is 1. The molecular formula is C15H15N3O4. The fourth-order valence-corrected chi connectivity index (χ4v) is 2.33. The van der Waals surface area contributed by atoms with E-state index in [2.05, 4.69) is 5.16 Å². The van der Waals surface area contributed by atoms with E-state index in [1.165, 1.54) is 6.07 Å². The molecule has 1 amide bonds. The van der Waals surface area contributed by atoms with E-state index in [-0.39, 0.29) is 11.7 Å². The van der Waals surface area contributed by atoms with Gasteiger partial charge < -0.3 is 19.4 Å². The predicted molar refractivity (Wildman–Crippen MR) is 78.7 cm³/mol. The number of carbonyl (C=O) groups is 2. The number of hydrogen-bond acceptors (Lipinski definition) is 5. The van der Waals surface area contributed by atoms with E-state index in [9.17, 15) is 9.59 Å². The second-order valence-electron chi connectivity index (χ2n) is 5.17. The molecule has 1 aliphatic heterocycles. The molecule has 1 aliphatic rings. The third kappa shape index (κ3) is 2.65. The standard InChI is InChI=1S/C15H15N3O4/c1-17-6-7-18(9-14(17)19)11-4-2-10(3-5-11)12-8-13(15(20)21)22-16-12/h2-5,8H,6-7,9H2,1H3,(H,20,21). The Morgan fingerprint density at radius 1 is 1.27 bits per heavy atom. The SMILES string of the molecule is CN1CCN(c2ccc(-c3cc(C(=O)O)on3)cc2)CC1=O. The summed E-state index contributed by atoms with van der Waals surface area (Å²) in [6, 6.07) is 8.84. The van der Waals surface area contributed by atoms with Gasteiger partial charge in [-0.1, -0.05) is 17.3 Å². The summed E-state index contributed by atoms with van der Waals surface area (Å²) in [5, 5.41) is 12.6. The number of piperazine rings is 1. The molecule has 0 unspecified atom stereocenters. The zero-order chi connectivity index (χ0) is 15.7. The molecule has 0 aliphatic carbocycles. The average molecular weight is 301 g/mol. The van der Waals surface area contributed by atoms with Crippen LogP contribution in [0.2, 0.25) is 0 Å². The van der Waals surface area contributed by atoms with Crippen LogP contribution in [0.3, 0.4) is 0 Å². The molecule has 2 heterocycles. The highest BCUT2D eigenvalue weighted by Crippen LogP contribution is 2.24. The van der Waals surface area contributed by atoms with Crippen molar-refractivity contribution in [3.8, 4) is 11.3 Å². The van der Waals surface area contributed by atoms with Gasteiger partial charge in [0.2, 0.25) is 11.7 Å². The second-order valence-corrected chi connectivity index (χ2v) is 5.17. The van der Waals surface area contributed by atoms with Crippen LogP contribution in [0.1, 0.15) is 10.6 Å². The van der Waals surface area contributed by atoms with E-state index in [0.29, 0.717) is 18.8 Å². The highest BCUT2D eigenvalue weighted by molar-refractivity contribution is 5.86. The summed E-state index contributed by atoms with van der Waals surface area (Å²) in [5.74, 6) is -1.24. The van der Waals surface area contributed by atoms with Gasteiger partial charge in [-0.25, -0.2) is 4.79 Å². The molecule has 1 saturated heterocycles. The Kier molecular flexibility index (Phi) is 3.54. The number of hydrogen-bond donors (Lipinski definition) is 1. The van der Waals surface area contributed by atoms with Crippen molar-refractivity contribution in [2.75, 3.05) is 31.6 Å². The molecule has 0 atom stereocenters. The number of carbonyl (C=O) groups excluding carboxylic acids is 1. The number of aromatic nitrogens is 1. The summed E-state index contributed by atoms with van der Waals surface area (Å²) in [5.41, 5.74) is 2.19. The van der Waals surface area contributed by atoms with Crippen molar-refractivity contribution in [3.05, 3.63) is 36.1 Å².